The number of nitrogens with zero attached hydrogens (tertiary/aromatic N) is 3. The fraction of sp³-hybridized carbons (Fsp3) is 0.545. The number of anilines is 1. The first-order valence-corrected chi connectivity index (χ1v) is 12.2. The zero-order valence-electron chi connectivity index (χ0n) is 20.3. The van der Waals surface area contributed by atoms with Crippen LogP contribution in [0.15, 0.2) is 23.2 Å². The number of amides is 2. The molecule has 2 aromatic rings. The van der Waals surface area contributed by atoms with Crippen molar-refractivity contribution in [1.82, 2.24) is 19.4 Å². The average molecular weight is 508 g/mol. The molecule has 34 heavy (non-hydrogen) atoms. The summed E-state index contributed by atoms with van der Waals surface area (Å²) in [6, 6.07) is 3.20. The molecule has 186 valence electrons. The van der Waals surface area contributed by atoms with Gasteiger partial charge in [-0.25, -0.2) is 13.9 Å². The number of ether oxygens (including phenoxy) is 1. The third-order valence-corrected chi connectivity index (χ3v) is 6.42. The molecule has 2 N–H and O–H groups in total. The van der Waals surface area contributed by atoms with Crippen molar-refractivity contribution in [3.05, 3.63) is 40.8 Å². The topological polar surface area (TPSA) is 106 Å². The number of rotatable bonds is 10. The van der Waals surface area contributed by atoms with E-state index >= 15 is 0 Å². The Labute approximate surface area is 223 Å². The molecule has 0 aliphatic heterocycles. The molecule has 0 spiro atoms. The first-order valence-electron chi connectivity index (χ1n) is 10.7. The molecule has 9 nitrogen and oxygen atoms in total. The summed E-state index contributed by atoms with van der Waals surface area (Å²) >= 11 is 0. The predicted octanol–water partition coefficient (Wildman–Crippen LogP) is 2.75. The minimum absolute atomic E-state index is 0. The van der Waals surface area contributed by atoms with Crippen LogP contribution in [-0.4, -0.2) is 86.0 Å². The van der Waals surface area contributed by atoms with Crippen molar-refractivity contribution >= 4 is 51.3 Å². The molecule has 1 aromatic carbocycles. The van der Waals surface area contributed by atoms with Crippen LogP contribution in [0.25, 0.3) is 0 Å². The van der Waals surface area contributed by atoms with E-state index in [9.17, 15) is 17.6 Å². The summed E-state index contributed by atoms with van der Waals surface area (Å²) < 4.78 is 48.3. The number of nitrogens with one attached hydrogen (secondary N) is 2. The van der Waals surface area contributed by atoms with E-state index in [1.807, 2.05) is 44.4 Å². The van der Waals surface area contributed by atoms with Gasteiger partial charge < -0.3 is 10.1 Å². The van der Waals surface area contributed by atoms with Gasteiger partial charge in [0.15, 0.2) is 5.03 Å². The Hall–Kier alpha value is -1.50. The molecule has 0 radical (unpaired) electrons. The number of methoxy groups -OCH3 is 1. The number of benzene rings is 1. The van der Waals surface area contributed by atoms with Crippen molar-refractivity contribution in [3.8, 4) is 0 Å². The Morgan fingerprint density at radius 1 is 1.18 bits per heavy atom. The van der Waals surface area contributed by atoms with Crippen molar-refractivity contribution in [2.75, 3.05) is 32.6 Å². The van der Waals surface area contributed by atoms with Crippen LogP contribution in [-0.2, 0) is 28.4 Å². The van der Waals surface area contributed by atoms with Gasteiger partial charge in [-0.15, -0.1) is 0 Å². The van der Waals surface area contributed by atoms with Gasteiger partial charge in [0.1, 0.15) is 5.82 Å². The van der Waals surface area contributed by atoms with Gasteiger partial charge in [0.05, 0.1) is 12.3 Å². The normalized spacial score (nSPS) is 11.7. The minimum atomic E-state index is -4.22. The van der Waals surface area contributed by atoms with Crippen LogP contribution in [0.1, 0.15) is 56.4 Å². The van der Waals surface area contributed by atoms with Crippen LogP contribution in [0.5, 0.6) is 0 Å². The third-order valence-electron chi connectivity index (χ3n) is 5.21. The van der Waals surface area contributed by atoms with Gasteiger partial charge >= 0.3 is 35.6 Å². The van der Waals surface area contributed by atoms with Crippen LogP contribution in [0, 0.1) is 5.82 Å². The first kappa shape index (κ1) is 30.5. The predicted molar refractivity (Wildman–Crippen MR) is 132 cm³/mol. The fourth-order valence-corrected chi connectivity index (χ4v) is 4.30. The summed E-state index contributed by atoms with van der Waals surface area (Å²) in [5, 5.41) is 6.42. The average Bonchev–Trinajstić information content (AvgIpc) is 3.07. The molecule has 0 aliphatic rings. The van der Waals surface area contributed by atoms with Gasteiger partial charge in [-0.3, -0.25) is 9.58 Å². The monoisotopic (exact) mass is 507 g/mol. The number of likely N-dealkylation sites (N-methyl/N-ethyl adjacent to an activating group) is 1. The van der Waals surface area contributed by atoms with Gasteiger partial charge in [-0.05, 0) is 42.1 Å². The molecule has 2 rings (SSSR count). The van der Waals surface area contributed by atoms with Crippen LogP contribution < -0.4 is 10.0 Å². The van der Waals surface area contributed by atoms with Gasteiger partial charge in [-0.2, -0.15) is 13.5 Å². The number of carbonyl (C=O) groups is 1. The molecule has 0 saturated heterocycles. The molecule has 0 fully saturated rings. The molecule has 2 amide bonds. The van der Waals surface area contributed by atoms with E-state index in [2.05, 4.69) is 10.4 Å². The van der Waals surface area contributed by atoms with Crippen molar-refractivity contribution in [1.29, 1.82) is 0 Å². The van der Waals surface area contributed by atoms with E-state index in [1.165, 1.54) is 22.9 Å². The number of aromatic nitrogens is 2. The molecule has 0 unspecified atom stereocenters. The molecule has 0 atom stereocenters. The Morgan fingerprint density at radius 3 is 2.24 bits per heavy atom. The quantitative estimate of drug-likeness (QED) is 0.479. The second-order valence-electron chi connectivity index (χ2n) is 8.66. The summed E-state index contributed by atoms with van der Waals surface area (Å²) in [7, 11) is 0.913. The second-order valence-corrected chi connectivity index (χ2v) is 10.3. The molecule has 12 heteroatoms. The van der Waals surface area contributed by atoms with Crippen LogP contribution in [0.4, 0.5) is 14.9 Å². The molecular formula is C22H35FN5NaO4S. The zero-order chi connectivity index (χ0) is 24.9. The molecule has 0 aliphatic carbocycles. The molecular weight excluding hydrogens is 472 g/mol. The maximum atomic E-state index is 14.1. The van der Waals surface area contributed by atoms with E-state index in [1.54, 1.807) is 14.2 Å². The number of hydrogen-bond acceptors (Lipinski definition) is 6. The van der Waals surface area contributed by atoms with E-state index in [0.717, 1.165) is 0 Å². The molecule has 1 heterocycles. The second kappa shape index (κ2) is 13.0. The Bertz CT molecular complexity index is 1060. The van der Waals surface area contributed by atoms with Crippen molar-refractivity contribution in [3.63, 3.8) is 0 Å². The maximum absolute atomic E-state index is 14.1. The fourth-order valence-electron chi connectivity index (χ4n) is 3.38. The summed E-state index contributed by atoms with van der Waals surface area (Å²) in [5.74, 6) is -0.574. The van der Waals surface area contributed by atoms with Gasteiger partial charge in [-0.1, -0.05) is 27.7 Å². The van der Waals surface area contributed by atoms with Gasteiger partial charge in [0.2, 0.25) is 0 Å². The van der Waals surface area contributed by atoms with Crippen molar-refractivity contribution in [2.45, 2.75) is 51.1 Å². The van der Waals surface area contributed by atoms with Gasteiger partial charge in [0.25, 0.3) is 10.0 Å². The number of urea groups is 1. The van der Waals surface area contributed by atoms with Crippen molar-refractivity contribution < 1.29 is 22.3 Å². The summed E-state index contributed by atoms with van der Waals surface area (Å²) in [4.78, 5) is 14.6. The summed E-state index contributed by atoms with van der Waals surface area (Å²) in [5.41, 5.74) is 2.25. The molecule has 0 bridgehead atoms. The number of sulfonamides is 1. The Balaban J connectivity index is 0.00000578. The number of halogens is 1. The van der Waals surface area contributed by atoms with E-state index in [4.69, 9.17) is 4.74 Å². The van der Waals surface area contributed by atoms with Crippen molar-refractivity contribution in [2.24, 2.45) is 7.05 Å². The van der Waals surface area contributed by atoms with E-state index in [0.29, 0.717) is 42.2 Å². The van der Waals surface area contributed by atoms with Crippen LogP contribution in [0.3, 0.4) is 0 Å². The number of aryl methyl sites for hydroxylation is 1. The molecule has 0 saturated carbocycles. The Morgan fingerprint density at radius 2 is 1.74 bits per heavy atom. The molecule has 1 aromatic heterocycles. The third kappa shape index (κ3) is 8.03. The standard InChI is InChI=1S/C22H34FN5O4S.Na.H/c1-14(2)18-10-16(23)11-19(15(3)4)21(18)24-22(29)26-33(30,31)20-12-17(28(6)25-20)13-27(5)8-9-32-7;;/h10-12,14-15H,8-9,13H2,1-7H3,(H2,24,26,29);;. The SMILES string of the molecule is COCCN(C)Cc1cc(S(=O)(=O)NC(=O)Nc2c(C(C)C)cc(F)cc2C(C)C)nn1C.[NaH]. The van der Waals surface area contributed by atoms with Gasteiger partial charge in [0, 0.05) is 39.0 Å². The number of carbonyl (C=O) groups excluding carboxylic acids is 1. The van der Waals surface area contributed by atoms with Crippen LogP contribution >= 0.6 is 0 Å². The van der Waals surface area contributed by atoms with Crippen LogP contribution in [0.2, 0.25) is 0 Å². The Kier molecular flexibility index (Phi) is 11.7. The summed E-state index contributed by atoms with van der Waals surface area (Å²) in [6.07, 6.45) is 0. The summed E-state index contributed by atoms with van der Waals surface area (Å²) in [6.45, 7) is 9.16. The first-order chi connectivity index (χ1) is 15.4. The van der Waals surface area contributed by atoms with E-state index in [-0.39, 0.29) is 46.4 Å². The van der Waals surface area contributed by atoms with E-state index < -0.39 is 21.9 Å². The number of hydrogen-bond donors (Lipinski definition) is 2. The zero-order valence-corrected chi connectivity index (χ0v) is 21.1.